The summed E-state index contributed by atoms with van der Waals surface area (Å²) in [6, 6.07) is -1.63. The molecular weight excluding hydrogens is 610 g/mol. The van der Waals surface area contributed by atoms with Crippen molar-refractivity contribution in [2.45, 2.75) is 104 Å². The third-order valence-corrected chi connectivity index (χ3v) is 7.57. The SMILES string of the molecule is O=C(CO)N[C@H]1[C@H]([C@H](O)[C@H](O)CO)O[C@@](OC[C@H]2O[C@H](O[C@H]3[C@H](O)[C@@H](O)[C@H](O)O[C@@H]3CO)[C@H](O)[C@@H](O)[C@H]2O)(C(=O)O)C[C@@H]1O. The van der Waals surface area contributed by atoms with Gasteiger partial charge in [-0.1, -0.05) is 0 Å². The Morgan fingerprint density at radius 1 is 0.886 bits per heavy atom. The smallest absolute Gasteiger partial charge is 0.364 e. The molecule has 44 heavy (non-hydrogen) atoms. The second kappa shape index (κ2) is 15.2. The average Bonchev–Trinajstić information content (AvgIpc) is 3.00. The van der Waals surface area contributed by atoms with Crippen LogP contribution in [0.25, 0.3) is 0 Å². The number of aliphatic hydroxyl groups is 12. The zero-order valence-corrected chi connectivity index (χ0v) is 22.9. The van der Waals surface area contributed by atoms with Crippen molar-refractivity contribution in [1.29, 1.82) is 0 Å². The fourth-order valence-electron chi connectivity index (χ4n) is 5.05. The zero-order chi connectivity index (χ0) is 33.1. The number of ether oxygens (including phenoxy) is 5. The molecule has 0 saturated carbocycles. The largest absolute Gasteiger partial charge is 0.477 e. The van der Waals surface area contributed by atoms with Crippen molar-refractivity contribution in [2.75, 3.05) is 26.4 Å². The maximum absolute atomic E-state index is 12.4. The lowest BCUT2D eigenvalue weighted by Gasteiger charge is -2.48. The molecule has 0 aromatic carbocycles. The topological polar surface area (TPSA) is 355 Å². The molecule has 3 rings (SSSR count). The van der Waals surface area contributed by atoms with Gasteiger partial charge in [-0.3, -0.25) is 4.79 Å². The van der Waals surface area contributed by atoms with E-state index < -0.39 is 142 Å². The van der Waals surface area contributed by atoms with Gasteiger partial charge in [0.2, 0.25) is 5.91 Å². The second-order valence-electron chi connectivity index (χ2n) is 10.6. The van der Waals surface area contributed by atoms with Crippen molar-refractivity contribution in [3.63, 3.8) is 0 Å². The second-order valence-corrected chi connectivity index (χ2v) is 10.6. The Balaban J connectivity index is 1.82. The van der Waals surface area contributed by atoms with Crippen molar-refractivity contribution in [1.82, 2.24) is 5.32 Å². The van der Waals surface area contributed by atoms with Crippen LogP contribution in [0.1, 0.15) is 6.42 Å². The van der Waals surface area contributed by atoms with E-state index >= 15 is 0 Å². The first-order valence-corrected chi connectivity index (χ1v) is 13.4. The molecule has 0 aromatic rings. The normalized spacial score (nSPS) is 44.5. The Labute approximate surface area is 248 Å². The molecule has 14 N–H and O–H groups in total. The summed E-state index contributed by atoms with van der Waals surface area (Å²) in [5.41, 5.74) is 0. The maximum Gasteiger partial charge on any atom is 0.364 e. The van der Waals surface area contributed by atoms with E-state index in [4.69, 9.17) is 28.8 Å². The number of aliphatic carboxylic acids is 1. The van der Waals surface area contributed by atoms with E-state index in [0.29, 0.717) is 0 Å². The molecule has 3 fully saturated rings. The van der Waals surface area contributed by atoms with Crippen LogP contribution in [-0.2, 0) is 33.3 Å². The predicted octanol–water partition coefficient (Wildman–Crippen LogP) is -9.25. The minimum Gasteiger partial charge on any atom is -0.477 e. The van der Waals surface area contributed by atoms with Crippen LogP contribution in [0.3, 0.4) is 0 Å². The molecule has 21 heteroatoms. The van der Waals surface area contributed by atoms with Gasteiger partial charge in [0.05, 0.1) is 32.0 Å². The number of hydrogen-bond acceptors (Lipinski definition) is 19. The summed E-state index contributed by atoms with van der Waals surface area (Å²) in [5, 5.41) is 132. The molecule has 3 aliphatic rings. The Morgan fingerprint density at radius 3 is 2.11 bits per heavy atom. The van der Waals surface area contributed by atoms with Crippen LogP contribution in [0.4, 0.5) is 0 Å². The highest BCUT2D eigenvalue weighted by atomic mass is 16.8. The van der Waals surface area contributed by atoms with E-state index in [9.17, 15) is 70.9 Å². The van der Waals surface area contributed by atoms with Crippen LogP contribution in [-0.4, -0.2) is 202 Å². The summed E-state index contributed by atoms with van der Waals surface area (Å²) in [6.45, 7) is -4.00. The van der Waals surface area contributed by atoms with E-state index in [2.05, 4.69) is 5.32 Å². The summed E-state index contributed by atoms with van der Waals surface area (Å²) in [6.07, 6.45) is -27.6. The minimum absolute atomic E-state index is 0.857. The van der Waals surface area contributed by atoms with Gasteiger partial charge in [0.1, 0.15) is 73.8 Å². The van der Waals surface area contributed by atoms with Gasteiger partial charge in [-0.15, -0.1) is 0 Å². The van der Waals surface area contributed by atoms with Crippen LogP contribution >= 0.6 is 0 Å². The molecule has 256 valence electrons. The van der Waals surface area contributed by atoms with Gasteiger partial charge in [-0.25, -0.2) is 4.79 Å². The first-order valence-electron chi connectivity index (χ1n) is 13.4. The van der Waals surface area contributed by atoms with Gasteiger partial charge in [-0.2, -0.15) is 0 Å². The third-order valence-electron chi connectivity index (χ3n) is 7.57. The molecule has 3 heterocycles. The average molecular weight is 650 g/mol. The van der Waals surface area contributed by atoms with Crippen molar-refractivity contribution in [3.05, 3.63) is 0 Å². The summed E-state index contributed by atoms with van der Waals surface area (Å²) >= 11 is 0. The predicted molar refractivity (Wildman–Crippen MR) is 131 cm³/mol. The molecule has 0 aromatic heterocycles. The number of rotatable bonds is 12. The molecule has 0 bridgehead atoms. The van der Waals surface area contributed by atoms with Crippen molar-refractivity contribution >= 4 is 11.9 Å². The lowest BCUT2D eigenvalue weighted by atomic mass is 9.88. The number of hydrogen-bond donors (Lipinski definition) is 14. The molecule has 1 amide bonds. The monoisotopic (exact) mass is 649 g/mol. The van der Waals surface area contributed by atoms with Crippen LogP contribution in [0.2, 0.25) is 0 Å². The van der Waals surface area contributed by atoms with Gasteiger partial charge in [0, 0.05) is 6.42 Å². The number of nitrogens with one attached hydrogen (secondary N) is 1. The lowest BCUT2D eigenvalue weighted by molar-refractivity contribution is -0.364. The number of carboxylic acid groups (broad SMARTS) is 1. The van der Waals surface area contributed by atoms with E-state index in [1.807, 2.05) is 0 Å². The summed E-state index contributed by atoms with van der Waals surface area (Å²) < 4.78 is 26.6. The molecule has 0 aliphatic carbocycles. The first-order chi connectivity index (χ1) is 20.6. The van der Waals surface area contributed by atoms with Gasteiger partial charge in [0.25, 0.3) is 5.79 Å². The molecule has 21 nitrogen and oxygen atoms in total. The van der Waals surface area contributed by atoms with Gasteiger partial charge < -0.3 is 95.4 Å². The quantitative estimate of drug-likeness (QED) is 0.0932. The molecule has 16 atom stereocenters. The van der Waals surface area contributed by atoms with Crippen LogP contribution in [0.5, 0.6) is 0 Å². The number of carbonyl (C=O) groups excluding carboxylic acids is 1. The highest BCUT2D eigenvalue weighted by molar-refractivity contribution is 5.78. The zero-order valence-electron chi connectivity index (χ0n) is 22.9. The van der Waals surface area contributed by atoms with Gasteiger partial charge in [0.15, 0.2) is 12.6 Å². The third kappa shape index (κ3) is 7.62. The van der Waals surface area contributed by atoms with Crippen molar-refractivity contribution in [2.24, 2.45) is 0 Å². The summed E-state index contributed by atoms with van der Waals surface area (Å²) in [7, 11) is 0. The number of carboxylic acids is 1. The summed E-state index contributed by atoms with van der Waals surface area (Å²) in [5.74, 6) is -5.89. The van der Waals surface area contributed by atoms with E-state index in [1.165, 1.54) is 0 Å². The Hall–Kier alpha value is -1.74. The molecular formula is C23H39NO20. The first kappa shape index (κ1) is 36.7. The van der Waals surface area contributed by atoms with E-state index in [-0.39, 0.29) is 0 Å². The molecule has 0 unspecified atom stereocenters. The lowest BCUT2D eigenvalue weighted by Crippen LogP contribution is -2.69. The number of aliphatic hydroxyl groups excluding tert-OH is 12. The van der Waals surface area contributed by atoms with Gasteiger partial charge >= 0.3 is 5.97 Å². The molecule has 3 aliphatic heterocycles. The summed E-state index contributed by atoms with van der Waals surface area (Å²) in [4.78, 5) is 24.2. The van der Waals surface area contributed by atoms with Gasteiger partial charge in [-0.05, 0) is 0 Å². The van der Waals surface area contributed by atoms with Crippen LogP contribution < -0.4 is 5.32 Å². The molecule has 0 radical (unpaired) electrons. The highest BCUT2D eigenvalue weighted by Crippen LogP contribution is 2.35. The van der Waals surface area contributed by atoms with E-state index in [1.54, 1.807) is 0 Å². The van der Waals surface area contributed by atoms with Crippen molar-refractivity contribution < 1.29 is 99.7 Å². The fraction of sp³-hybridized carbons (Fsp3) is 0.913. The molecule has 0 spiro atoms. The Morgan fingerprint density at radius 2 is 1.55 bits per heavy atom. The van der Waals surface area contributed by atoms with Crippen LogP contribution in [0.15, 0.2) is 0 Å². The minimum atomic E-state index is -2.89. The standard InChI is InChI=1S/C23H39NO20/c25-2-7(29)12(31)19-11(24-10(30)4-27)6(28)1-23(44-19,22(38)39)40-5-9-13(32)14(33)17(36)21(42-9)43-18-8(3-26)41-20(37)16(35)15(18)34/h6-9,11-21,25-29,31-37H,1-5H2,(H,24,30)(H,38,39)/t6-,7+,8+,9+,11+,12+,13-,14-,15+,16+,17+,18+,19+,20+,21+,23+/m0/s1. The fourth-order valence-corrected chi connectivity index (χ4v) is 5.05. The Kier molecular flexibility index (Phi) is 12.7. The Bertz CT molecular complexity index is 959. The van der Waals surface area contributed by atoms with Crippen molar-refractivity contribution in [3.8, 4) is 0 Å². The van der Waals surface area contributed by atoms with E-state index in [0.717, 1.165) is 0 Å². The molecule has 3 saturated heterocycles. The number of amides is 1. The maximum atomic E-state index is 12.4. The van der Waals surface area contributed by atoms with Crippen LogP contribution in [0, 0.1) is 0 Å². The number of carbonyl (C=O) groups is 2. The highest BCUT2D eigenvalue weighted by Gasteiger charge is 2.57.